The SMILES string of the molecule is CSC1=NC(=O)/C(=C/c2cc3cncc(-c4ccc(OC(C)C)c(F)c4)c3o2)S1. The first-order valence-electron chi connectivity index (χ1n) is 8.85. The highest BCUT2D eigenvalue weighted by Crippen LogP contribution is 2.36. The lowest BCUT2D eigenvalue weighted by Gasteiger charge is -2.11. The molecule has 0 spiro atoms. The lowest BCUT2D eigenvalue weighted by molar-refractivity contribution is -0.113. The van der Waals surface area contributed by atoms with E-state index in [0.717, 1.165) is 5.39 Å². The summed E-state index contributed by atoms with van der Waals surface area (Å²) in [5.74, 6) is -0.00392. The highest BCUT2D eigenvalue weighted by atomic mass is 32.2. The molecule has 2 aromatic heterocycles. The Balaban J connectivity index is 1.71. The maximum Gasteiger partial charge on any atom is 0.285 e. The molecular formula is C21H17FN2O3S2. The zero-order chi connectivity index (χ0) is 20.5. The van der Waals surface area contributed by atoms with Gasteiger partial charge in [0.05, 0.1) is 11.0 Å². The van der Waals surface area contributed by atoms with Crippen LogP contribution in [0.25, 0.3) is 28.2 Å². The Morgan fingerprint density at radius 1 is 1.28 bits per heavy atom. The van der Waals surface area contributed by atoms with Crippen LogP contribution in [-0.2, 0) is 4.79 Å². The molecule has 3 heterocycles. The van der Waals surface area contributed by atoms with E-state index in [1.807, 2.05) is 20.1 Å². The molecule has 0 atom stereocenters. The second kappa shape index (κ2) is 8.04. The fourth-order valence-electron chi connectivity index (χ4n) is 2.88. The van der Waals surface area contributed by atoms with Crippen molar-refractivity contribution in [3.63, 3.8) is 0 Å². The first kappa shape index (κ1) is 19.7. The van der Waals surface area contributed by atoms with Crippen LogP contribution < -0.4 is 4.74 Å². The molecular weight excluding hydrogens is 411 g/mol. The van der Waals surface area contributed by atoms with E-state index in [9.17, 15) is 9.18 Å². The third-order valence-electron chi connectivity index (χ3n) is 4.10. The molecule has 148 valence electrons. The Morgan fingerprint density at radius 3 is 2.79 bits per heavy atom. The zero-order valence-corrected chi connectivity index (χ0v) is 17.6. The summed E-state index contributed by atoms with van der Waals surface area (Å²) in [4.78, 5) is 20.7. The Bertz CT molecular complexity index is 1170. The van der Waals surface area contributed by atoms with Gasteiger partial charge < -0.3 is 9.15 Å². The van der Waals surface area contributed by atoms with Crippen LogP contribution in [-0.4, -0.2) is 27.6 Å². The number of nitrogens with zero attached hydrogens (tertiary/aromatic N) is 2. The summed E-state index contributed by atoms with van der Waals surface area (Å²) < 4.78 is 26.6. The normalized spacial score (nSPS) is 15.6. The smallest absolute Gasteiger partial charge is 0.285 e. The highest BCUT2D eigenvalue weighted by molar-refractivity contribution is 8.40. The van der Waals surface area contributed by atoms with E-state index in [1.54, 1.807) is 36.7 Å². The predicted molar refractivity (Wildman–Crippen MR) is 117 cm³/mol. The molecule has 1 aliphatic rings. The molecule has 29 heavy (non-hydrogen) atoms. The number of rotatable bonds is 4. The van der Waals surface area contributed by atoms with Gasteiger partial charge in [-0.3, -0.25) is 9.78 Å². The lowest BCUT2D eigenvalue weighted by atomic mass is 10.1. The van der Waals surface area contributed by atoms with Crippen LogP contribution in [0.2, 0.25) is 0 Å². The van der Waals surface area contributed by atoms with Gasteiger partial charge in [0.15, 0.2) is 11.6 Å². The third-order valence-corrected chi connectivity index (χ3v) is 6.06. The molecule has 0 radical (unpaired) electrons. The number of ether oxygens (including phenoxy) is 1. The standard InChI is InChI=1S/C21H17FN2O3S2/c1-11(2)26-17-5-4-12(7-16(17)22)15-10-23-9-13-6-14(27-19(13)15)8-18-20(25)24-21(28-3)29-18/h4-11H,1-3H3/b18-8-. The van der Waals surface area contributed by atoms with Crippen LogP contribution in [0.15, 0.2) is 51.0 Å². The van der Waals surface area contributed by atoms with Crippen molar-refractivity contribution >= 4 is 50.9 Å². The second-order valence-electron chi connectivity index (χ2n) is 6.56. The number of fused-ring (bicyclic) bond motifs is 1. The minimum absolute atomic E-state index is 0.118. The third kappa shape index (κ3) is 4.09. The van der Waals surface area contributed by atoms with Gasteiger partial charge in [-0.05, 0) is 43.9 Å². The van der Waals surface area contributed by atoms with E-state index >= 15 is 0 Å². The van der Waals surface area contributed by atoms with Gasteiger partial charge >= 0.3 is 0 Å². The van der Waals surface area contributed by atoms with Crippen molar-refractivity contribution in [2.75, 3.05) is 6.26 Å². The minimum Gasteiger partial charge on any atom is -0.488 e. The second-order valence-corrected chi connectivity index (χ2v) is 8.65. The van der Waals surface area contributed by atoms with Gasteiger partial charge in [0, 0.05) is 29.4 Å². The summed E-state index contributed by atoms with van der Waals surface area (Å²) in [6.07, 6.45) is 6.73. The van der Waals surface area contributed by atoms with Crippen molar-refractivity contribution in [2.45, 2.75) is 20.0 Å². The van der Waals surface area contributed by atoms with Crippen molar-refractivity contribution < 1.29 is 18.3 Å². The molecule has 0 saturated heterocycles. The van der Waals surface area contributed by atoms with Gasteiger partial charge in [-0.1, -0.05) is 17.8 Å². The van der Waals surface area contributed by atoms with Crippen LogP contribution in [0.4, 0.5) is 4.39 Å². The molecule has 1 amide bonds. The largest absolute Gasteiger partial charge is 0.488 e. The number of pyridine rings is 1. The van der Waals surface area contributed by atoms with Crippen LogP contribution in [0.3, 0.4) is 0 Å². The van der Waals surface area contributed by atoms with Crippen molar-refractivity contribution in [3.05, 3.63) is 53.1 Å². The molecule has 0 bridgehead atoms. The summed E-state index contributed by atoms with van der Waals surface area (Å²) in [5, 5.41) is 0.763. The summed E-state index contributed by atoms with van der Waals surface area (Å²) in [6.45, 7) is 3.69. The van der Waals surface area contributed by atoms with E-state index in [4.69, 9.17) is 9.15 Å². The minimum atomic E-state index is -0.447. The number of amides is 1. The monoisotopic (exact) mass is 428 g/mol. The first-order valence-corrected chi connectivity index (χ1v) is 10.9. The van der Waals surface area contributed by atoms with Gasteiger partial charge in [0.25, 0.3) is 5.91 Å². The maximum absolute atomic E-state index is 14.4. The average molecular weight is 429 g/mol. The van der Waals surface area contributed by atoms with Gasteiger partial charge in [-0.15, -0.1) is 11.8 Å². The van der Waals surface area contributed by atoms with E-state index in [1.165, 1.54) is 29.6 Å². The topological polar surface area (TPSA) is 64.7 Å². The van der Waals surface area contributed by atoms with E-state index in [-0.39, 0.29) is 17.8 Å². The Kier molecular flexibility index (Phi) is 5.47. The quantitative estimate of drug-likeness (QED) is 0.493. The molecule has 0 aliphatic carbocycles. The number of carbonyl (C=O) groups is 1. The first-order chi connectivity index (χ1) is 13.9. The number of furan rings is 1. The van der Waals surface area contributed by atoms with Gasteiger partial charge in [0.1, 0.15) is 15.7 Å². The van der Waals surface area contributed by atoms with Crippen molar-refractivity contribution in [1.82, 2.24) is 4.98 Å². The molecule has 5 nitrogen and oxygen atoms in total. The summed E-state index contributed by atoms with van der Waals surface area (Å²) in [6, 6.07) is 6.58. The van der Waals surface area contributed by atoms with Crippen LogP contribution in [0.1, 0.15) is 19.6 Å². The van der Waals surface area contributed by atoms with Gasteiger partial charge in [0.2, 0.25) is 0 Å². The molecule has 0 N–H and O–H groups in total. The molecule has 4 rings (SSSR count). The van der Waals surface area contributed by atoms with Crippen molar-refractivity contribution in [3.8, 4) is 16.9 Å². The number of carbonyl (C=O) groups excluding carboxylic acids is 1. The average Bonchev–Trinajstić information content (AvgIpc) is 3.26. The van der Waals surface area contributed by atoms with E-state index in [0.29, 0.717) is 31.8 Å². The van der Waals surface area contributed by atoms with Crippen molar-refractivity contribution in [2.24, 2.45) is 4.99 Å². The number of aliphatic imine (C=N–C) groups is 1. The molecule has 0 fully saturated rings. The molecule has 0 unspecified atom stereocenters. The Labute approximate surface area is 175 Å². The predicted octanol–water partition coefficient (Wildman–Crippen LogP) is 5.75. The van der Waals surface area contributed by atoms with E-state index in [2.05, 4.69) is 9.98 Å². The number of hydrogen-bond donors (Lipinski definition) is 0. The summed E-state index contributed by atoms with van der Waals surface area (Å²) in [7, 11) is 0. The molecule has 1 aromatic carbocycles. The number of hydrogen-bond acceptors (Lipinski definition) is 6. The number of halogens is 1. The zero-order valence-electron chi connectivity index (χ0n) is 15.9. The Hall–Kier alpha value is -2.58. The van der Waals surface area contributed by atoms with Gasteiger partial charge in [-0.25, -0.2) is 4.39 Å². The van der Waals surface area contributed by atoms with Crippen LogP contribution >= 0.6 is 23.5 Å². The molecule has 1 aliphatic heterocycles. The number of thioether (sulfide) groups is 2. The fraction of sp³-hybridized carbons (Fsp3) is 0.190. The molecule has 8 heteroatoms. The fourth-order valence-corrected chi connectivity index (χ4v) is 4.28. The lowest BCUT2D eigenvalue weighted by Crippen LogP contribution is -2.06. The highest BCUT2D eigenvalue weighted by Gasteiger charge is 2.22. The Morgan fingerprint density at radius 2 is 2.10 bits per heavy atom. The number of aromatic nitrogens is 1. The van der Waals surface area contributed by atoms with Crippen LogP contribution in [0, 0.1) is 5.82 Å². The summed E-state index contributed by atoms with van der Waals surface area (Å²) in [5.41, 5.74) is 1.86. The van der Waals surface area contributed by atoms with Gasteiger partial charge in [-0.2, -0.15) is 4.99 Å². The molecule has 3 aromatic rings. The van der Waals surface area contributed by atoms with E-state index < -0.39 is 5.82 Å². The number of benzene rings is 1. The summed E-state index contributed by atoms with van der Waals surface area (Å²) >= 11 is 2.74. The maximum atomic E-state index is 14.4. The van der Waals surface area contributed by atoms with Crippen LogP contribution in [0.5, 0.6) is 5.75 Å². The van der Waals surface area contributed by atoms with Crippen molar-refractivity contribution in [1.29, 1.82) is 0 Å². The molecule has 0 saturated carbocycles.